The molecule has 124 valence electrons. The van der Waals surface area contributed by atoms with Crippen molar-refractivity contribution in [2.24, 2.45) is 0 Å². The summed E-state index contributed by atoms with van der Waals surface area (Å²) >= 11 is 0. The Bertz CT molecular complexity index is 797. The average Bonchev–Trinajstić information content (AvgIpc) is 2.57. The van der Waals surface area contributed by atoms with E-state index < -0.39 is 0 Å². The molecule has 1 unspecified atom stereocenters. The number of hydrogen-bond acceptors (Lipinski definition) is 1. The molecule has 2 heteroatoms. The first-order valence-corrected chi connectivity index (χ1v) is 8.47. The van der Waals surface area contributed by atoms with Gasteiger partial charge in [-0.3, -0.25) is 0 Å². The molecule has 24 heavy (non-hydrogen) atoms. The van der Waals surface area contributed by atoms with Crippen LogP contribution in [0.2, 0.25) is 0 Å². The van der Waals surface area contributed by atoms with Crippen LogP contribution in [0.5, 0.6) is 0 Å². The number of nitrogens with one attached hydrogen (secondary N) is 1. The van der Waals surface area contributed by atoms with Gasteiger partial charge in [0.1, 0.15) is 5.82 Å². The van der Waals surface area contributed by atoms with Crippen LogP contribution in [0, 0.1) is 5.82 Å². The third-order valence-electron chi connectivity index (χ3n) is 4.85. The summed E-state index contributed by atoms with van der Waals surface area (Å²) in [5.74, 6) is 0.245. The lowest BCUT2D eigenvalue weighted by Gasteiger charge is -2.28. The Labute approximate surface area is 143 Å². The standard InChI is InChI=1S/C22H24FN/c1-14(2)20-10-7-18(17-5-8-19(23)9-6-17)13-21(20)22-16(4)15(3)11-12-24-22/h5-14,22,24H,1-4H3. The van der Waals surface area contributed by atoms with E-state index in [9.17, 15) is 4.39 Å². The molecule has 0 fully saturated rings. The maximum Gasteiger partial charge on any atom is 0.123 e. The molecule has 0 spiro atoms. The van der Waals surface area contributed by atoms with Crippen molar-refractivity contribution >= 4 is 0 Å². The number of hydrogen-bond donors (Lipinski definition) is 1. The van der Waals surface area contributed by atoms with E-state index in [1.54, 1.807) is 0 Å². The van der Waals surface area contributed by atoms with Gasteiger partial charge in [0.15, 0.2) is 0 Å². The van der Waals surface area contributed by atoms with Crippen LogP contribution < -0.4 is 5.32 Å². The number of allylic oxidation sites excluding steroid dienone is 2. The van der Waals surface area contributed by atoms with E-state index in [1.807, 2.05) is 18.3 Å². The molecule has 0 saturated heterocycles. The third-order valence-corrected chi connectivity index (χ3v) is 4.85. The van der Waals surface area contributed by atoms with Crippen molar-refractivity contribution in [3.8, 4) is 11.1 Å². The van der Waals surface area contributed by atoms with Crippen LogP contribution >= 0.6 is 0 Å². The molecular formula is C22H24FN. The van der Waals surface area contributed by atoms with Gasteiger partial charge in [-0.25, -0.2) is 4.39 Å². The van der Waals surface area contributed by atoms with Crippen LogP contribution in [-0.2, 0) is 0 Å². The summed E-state index contributed by atoms with van der Waals surface area (Å²) in [6, 6.07) is 13.5. The Kier molecular flexibility index (Phi) is 4.57. The smallest absolute Gasteiger partial charge is 0.123 e. The number of rotatable bonds is 3. The Hall–Kier alpha value is -2.35. The zero-order valence-electron chi connectivity index (χ0n) is 14.7. The van der Waals surface area contributed by atoms with Crippen LogP contribution in [-0.4, -0.2) is 0 Å². The monoisotopic (exact) mass is 321 g/mol. The number of halogens is 1. The highest BCUT2D eigenvalue weighted by Crippen LogP contribution is 2.35. The minimum Gasteiger partial charge on any atom is -0.380 e. The molecule has 1 heterocycles. The van der Waals surface area contributed by atoms with Crippen LogP contribution in [0.25, 0.3) is 11.1 Å². The maximum atomic E-state index is 13.2. The molecule has 3 rings (SSSR count). The van der Waals surface area contributed by atoms with E-state index in [0.717, 1.165) is 11.1 Å². The fraction of sp³-hybridized carbons (Fsp3) is 0.273. The average molecular weight is 321 g/mol. The van der Waals surface area contributed by atoms with E-state index >= 15 is 0 Å². The van der Waals surface area contributed by atoms with E-state index in [-0.39, 0.29) is 11.9 Å². The van der Waals surface area contributed by atoms with Gasteiger partial charge in [-0.1, -0.05) is 38.1 Å². The second-order valence-electron chi connectivity index (χ2n) is 6.80. The lowest BCUT2D eigenvalue weighted by Crippen LogP contribution is -2.22. The van der Waals surface area contributed by atoms with Gasteiger partial charge in [0.05, 0.1) is 6.04 Å². The molecule has 1 nitrogen and oxygen atoms in total. The van der Waals surface area contributed by atoms with Gasteiger partial charge in [-0.15, -0.1) is 0 Å². The Balaban J connectivity index is 2.10. The van der Waals surface area contributed by atoms with Gasteiger partial charge in [0.25, 0.3) is 0 Å². The largest absolute Gasteiger partial charge is 0.380 e. The lowest BCUT2D eigenvalue weighted by molar-refractivity contribution is 0.628. The van der Waals surface area contributed by atoms with E-state index in [4.69, 9.17) is 0 Å². The Morgan fingerprint density at radius 2 is 1.62 bits per heavy atom. The van der Waals surface area contributed by atoms with Gasteiger partial charge >= 0.3 is 0 Å². The van der Waals surface area contributed by atoms with Crippen molar-refractivity contribution in [2.45, 2.75) is 39.7 Å². The molecule has 2 aromatic carbocycles. The highest BCUT2D eigenvalue weighted by atomic mass is 19.1. The Morgan fingerprint density at radius 3 is 2.29 bits per heavy atom. The van der Waals surface area contributed by atoms with E-state index in [2.05, 4.69) is 57.3 Å². The summed E-state index contributed by atoms with van der Waals surface area (Å²) in [6.07, 6.45) is 4.15. The highest BCUT2D eigenvalue weighted by molar-refractivity contribution is 5.66. The summed E-state index contributed by atoms with van der Waals surface area (Å²) < 4.78 is 13.2. The van der Waals surface area contributed by atoms with E-state index in [1.165, 1.54) is 34.4 Å². The zero-order valence-corrected chi connectivity index (χ0v) is 14.7. The number of benzene rings is 2. The van der Waals surface area contributed by atoms with Crippen molar-refractivity contribution in [1.29, 1.82) is 0 Å². The summed E-state index contributed by atoms with van der Waals surface area (Å²) in [6.45, 7) is 8.78. The fourth-order valence-electron chi connectivity index (χ4n) is 3.25. The van der Waals surface area contributed by atoms with Gasteiger partial charge < -0.3 is 5.32 Å². The maximum absolute atomic E-state index is 13.2. The SMILES string of the molecule is CC1=C(C)C(c2cc(-c3ccc(F)cc3)ccc2C(C)C)NC=C1. The summed E-state index contributed by atoms with van der Waals surface area (Å²) in [7, 11) is 0. The molecule has 0 aromatic heterocycles. The van der Waals surface area contributed by atoms with Crippen molar-refractivity contribution in [1.82, 2.24) is 5.32 Å². The molecule has 2 aromatic rings. The first-order valence-electron chi connectivity index (χ1n) is 8.47. The van der Waals surface area contributed by atoms with Crippen molar-refractivity contribution in [3.05, 3.63) is 82.8 Å². The first-order chi connectivity index (χ1) is 11.5. The third kappa shape index (κ3) is 3.14. The van der Waals surface area contributed by atoms with Gasteiger partial charge in [-0.05, 0) is 83.6 Å². The molecule has 0 aliphatic carbocycles. The predicted molar refractivity (Wildman–Crippen MR) is 99.3 cm³/mol. The predicted octanol–water partition coefficient (Wildman–Crippen LogP) is 6.11. The second kappa shape index (κ2) is 6.64. The second-order valence-corrected chi connectivity index (χ2v) is 6.80. The van der Waals surface area contributed by atoms with Gasteiger partial charge in [-0.2, -0.15) is 0 Å². The minimum atomic E-state index is -0.203. The van der Waals surface area contributed by atoms with Gasteiger partial charge in [0.2, 0.25) is 0 Å². The lowest BCUT2D eigenvalue weighted by atomic mass is 9.85. The van der Waals surface area contributed by atoms with Crippen molar-refractivity contribution < 1.29 is 4.39 Å². The van der Waals surface area contributed by atoms with E-state index in [0.29, 0.717) is 5.92 Å². The molecule has 1 atom stereocenters. The van der Waals surface area contributed by atoms with Crippen LogP contribution in [0.1, 0.15) is 50.8 Å². The van der Waals surface area contributed by atoms with Crippen molar-refractivity contribution in [2.75, 3.05) is 0 Å². The molecule has 1 aliphatic rings. The van der Waals surface area contributed by atoms with Gasteiger partial charge in [0, 0.05) is 0 Å². The normalized spacial score (nSPS) is 17.3. The molecular weight excluding hydrogens is 297 g/mol. The first kappa shape index (κ1) is 16.5. The quantitative estimate of drug-likeness (QED) is 0.719. The van der Waals surface area contributed by atoms with Crippen LogP contribution in [0.4, 0.5) is 4.39 Å². The topological polar surface area (TPSA) is 12.0 Å². The molecule has 1 aliphatic heterocycles. The molecule has 1 N–H and O–H groups in total. The molecule has 0 bridgehead atoms. The molecule has 0 radical (unpaired) electrons. The summed E-state index contributed by atoms with van der Waals surface area (Å²) in [5, 5.41) is 3.50. The van der Waals surface area contributed by atoms with Crippen molar-refractivity contribution in [3.63, 3.8) is 0 Å². The summed E-state index contributed by atoms with van der Waals surface area (Å²) in [5.41, 5.74) is 7.46. The Morgan fingerprint density at radius 1 is 0.958 bits per heavy atom. The van der Waals surface area contributed by atoms with Crippen LogP contribution in [0.3, 0.4) is 0 Å². The highest BCUT2D eigenvalue weighted by Gasteiger charge is 2.21. The fourth-order valence-corrected chi connectivity index (χ4v) is 3.25. The molecule has 0 saturated carbocycles. The number of dihydropyridines is 1. The zero-order chi connectivity index (χ0) is 17.3. The van der Waals surface area contributed by atoms with Crippen LogP contribution in [0.15, 0.2) is 65.9 Å². The minimum absolute atomic E-state index is 0.188. The summed E-state index contributed by atoms with van der Waals surface area (Å²) in [4.78, 5) is 0. The molecule has 0 amide bonds.